The Morgan fingerprint density at radius 1 is 1.41 bits per heavy atom. The Morgan fingerprint density at radius 2 is 2.05 bits per heavy atom. The second kappa shape index (κ2) is 6.81. The Hall–Kier alpha value is -2.05. The number of carboxylic acid groups (broad SMARTS) is 1. The molecule has 1 heterocycles. The van der Waals surface area contributed by atoms with E-state index in [4.69, 9.17) is 4.74 Å². The summed E-state index contributed by atoms with van der Waals surface area (Å²) in [5, 5.41) is 16.2. The molecule has 1 atom stereocenters. The SMILES string of the molecule is CCC(CNC(=O)OC(C)(C)C)(Cc1cnn(C)c1)C(=O)O. The van der Waals surface area contributed by atoms with E-state index in [-0.39, 0.29) is 6.54 Å². The lowest BCUT2D eigenvalue weighted by Gasteiger charge is -2.29. The lowest BCUT2D eigenvalue weighted by atomic mass is 9.79. The van der Waals surface area contributed by atoms with Gasteiger partial charge in [-0.3, -0.25) is 9.48 Å². The zero-order chi connectivity index (χ0) is 17.0. The Labute approximate surface area is 130 Å². The monoisotopic (exact) mass is 311 g/mol. The number of hydrogen-bond donors (Lipinski definition) is 2. The summed E-state index contributed by atoms with van der Waals surface area (Å²) < 4.78 is 6.78. The maximum absolute atomic E-state index is 11.8. The average Bonchev–Trinajstić information content (AvgIpc) is 2.77. The Balaban J connectivity index is 2.80. The summed E-state index contributed by atoms with van der Waals surface area (Å²) in [6, 6.07) is 0. The van der Waals surface area contributed by atoms with Crippen molar-refractivity contribution in [2.45, 2.75) is 46.1 Å². The number of nitrogens with zero attached hydrogens (tertiary/aromatic N) is 2. The molecule has 2 N–H and O–H groups in total. The minimum absolute atomic E-state index is 0.00262. The van der Waals surface area contributed by atoms with E-state index in [9.17, 15) is 14.7 Å². The van der Waals surface area contributed by atoms with Crippen LogP contribution in [-0.2, 0) is 23.0 Å². The highest BCUT2D eigenvalue weighted by Gasteiger charge is 2.38. The molecule has 1 amide bonds. The molecule has 7 heteroatoms. The van der Waals surface area contributed by atoms with Gasteiger partial charge < -0.3 is 15.2 Å². The van der Waals surface area contributed by atoms with Crippen molar-refractivity contribution in [3.8, 4) is 0 Å². The lowest BCUT2D eigenvalue weighted by Crippen LogP contribution is -2.45. The predicted molar refractivity (Wildman–Crippen MR) is 81.5 cm³/mol. The summed E-state index contributed by atoms with van der Waals surface area (Å²) >= 11 is 0. The molecule has 1 aromatic rings. The molecular formula is C15H25N3O4. The van der Waals surface area contributed by atoms with Crippen molar-refractivity contribution < 1.29 is 19.4 Å². The summed E-state index contributed by atoms with van der Waals surface area (Å²) in [6.45, 7) is 7.06. The highest BCUT2D eigenvalue weighted by atomic mass is 16.6. The van der Waals surface area contributed by atoms with Crippen LogP contribution in [0.1, 0.15) is 39.7 Å². The van der Waals surface area contributed by atoms with E-state index >= 15 is 0 Å². The second-order valence-electron chi connectivity index (χ2n) is 6.49. The summed E-state index contributed by atoms with van der Waals surface area (Å²) in [5.74, 6) is -0.949. The maximum Gasteiger partial charge on any atom is 0.407 e. The number of rotatable bonds is 6. The molecule has 0 radical (unpaired) electrons. The van der Waals surface area contributed by atoms with Crippen LogP contribution in [0.5, 0.6) is 0 Å². The maximum atomic E-state index is 11.8. The van der Waals surface area contributed by atoms with Crippen LogP contribution in [0.4, 0.5) is 4.79 Å². The van der Waals surface area contributed by atoms with Crippen molar-refractivity contribution in [3.05, 3.63) is 18.0 Å². The van der Waals surface area contributed by atoms with Crippen LogP contribution >= 0.6 is 0 Å². The molecule has 0 bridgehead atoms. The van der Waals surface area contributed by atoms with Crippen LogP contribution in [0.25, 0.3) is 0 Å². The van der Waals surface area contributed by atoms with Gasteiger partial charge in [-0.1, -0.05) is 6.92 Å². The van der Waals surface area contributed by atoms with Gasteiger partial charge in [0.25, 0.3) is 0 Å². The molecule has 0 spiro atoms. The van der Waals surface area contributed by atoms with Gasteiger partial charge in [-0.05, 0) is 39.2 Å². The van der Waals surface area contributed by atoms with E-state index < -0.39 is 23.1 Å². The zero-order valence-electron chi connectivity index (χ0n) is 13.8. The van der Waals surface area contributed by atoms with Crippen molar-refractivity contribution in [2.24, 2.45) is 12.5 Å². The van der Waals surface area contributed by atoms with Crippen LogP contribution in [0.2, 0.25) is 0 Å². The number of aryl methyl sites for hydroxylation is 1. The van der Waals surface area contributed by atoms with Gasteiger partial charge in [0.15, 0.2) is 0 Å². The Bertz CT molecular complexity index is 533. The topological polar surface area (TPSA) is 93.5 Å². The molecule has 0 aliphatic rings. The minimum Gasteiger partial charge on any atom is -0.481 e. The number of amides is 1. The molecule has 1 unspecified atom stereocenters. The normalized spacial score (nSPS) is 14.2. The first-order chi connectivity index (χ1) is 10.1. The van der Waals surface area contributed by atoms with E-state index in [1.807, 2.05) is 0 Å². The van der Waals surface area contributed by atoms with E-state index in [1.54, 1.807) is 51.8 Å². The third kappa shape index (κ3) is 5.05. The number of hydrogen-bond acceptors (Lipinski definition) is 4. The highest BCUT2D eigenvalue weighted by molar-refractivity contribution is 5.77. The number of aromatic nitrogens is 2. The molecular weight excluding hydrogens is 286 g/mol. The average molecular weight is 311 g/mol. The lowest BCUT2D eigenvalue weighted by molar-refractivity contribution is -0.148. The van der Waals surface area contributed by atoms with Gasteiger partial charge in [-0.2, -0.15) is 5.10 Å². The van der Waals surface area contributed by atoms with Gasteiger partial charge in [0.1, 0.15) is 5.60 Å². The first-order valence-corrected chi connectivity index (χ1v) is 7.26. The first-order valence-electron chi connectivity index (χ1n) is 7.26. The quantitative estimate of drug-likeness (QED) is 0.837. The van der Waals surface area contributed by atoms with Gasteiger partial charge in [-0.15, -0.1) is 0 Å². The molecule has 22 heavy (non-hydrogen) atoms. The van der Waals surface area contributed by atoms with Gasteiger partial charge >= 0.3 is 12.1 Å². The molecule has 0 saturated carbocycles. The Kier molecular flexibility index (Phi) is 5.57. The third-order valence-electron chi connectivity index (χ3n) is 3.40. The number of ether oxygens (including phenoxy) is 1. The van der Waals surface area contributed by atoms with Crippen LogP contribution in [0, 0.1) is 5.41 Å². The van der Waals surface area contributed by atoms with Gasteiger partial charge in [0.2, 0.25) is 0 Å². The molecule has 0 aromatic carbocycles. The van der Waals surface area contributed by atoms with Crippen LogP contribution in [0.3, 0.4) is 0 Å². The summed E-state index contributed by atoms with van der Waals surface area (Å²) in [5.41, 5.74) is -0.886. The van der Waals surface area contributed by atoms with Crippen LogP contribution < -0.4 is 5.32 Å². The van der Waals surface area contributed by atoms with E-state index in [1.165, 1.54) is 0 Å². The van der Waals surface area contributed by atoms with E-state index in [2.05, 4.69) is 10.4 Å². The molecule has 1 aromatic heterocycles. The largest absolute Gasteiger partial charge is 0.481 e. The first kappa shape index (κ1) is 18.0. The number of carbonyl (C=O) groups excluding carboxylic acids is 1. The Morgan fingerprint density at radius 3 is 2.45 bits per heavy atom. The minimum atomic E-state index is -1.08. The predicted octanol–water partition coefficient (Wildman–Crippen LogP) is 1.97. The fourth-order valence-electron chi connectivity index (χ4n) is 2.12. The molecule has 0 saturated heterocycles. The van der Waals surface area contributed by atoms with Crippen molar-refractivity contribution in [3.63, 3.8) is 0 Å². The standard InChI is InChI=1S/C15H25N3O4/c1-6-15(12(19)20,7-11-8-17-18(5)9-11)10-16-13(21)22-14(2,3)4/h8-9H,6-7,10H2,1-5H3,(H,16,21)(H,19,20). The van der Waals surface area contributed by atoms with Crippen molar-refractivity contribution in [2.75, 3.05) is 6.54 Å². The number of carbonyl (C=O) groups is 2. The van der Waals surface area contributed by atoms with Gasteiger partial charge in [0, 0.05) is 19.8 Å². The van der Waals surface area contributed by atoms with E-state index in [0.717, 1.165) is 5.56 Å². The molecule has 0 fully saturated rings. The number of aliphatic carboxylic acids is 1. The molecule has 0 aliphatic heterocycles. The highest BCUT2D eigenvalue weighted by Crippen LogP contribution is 2.27. The van der Waals surface area contributed by atoms with Crippen molar-refractivity contribution in [1.82, 2.24) is 15.1 Å². The molecule has 1 rings (SSSR count). The summed E-state index contributed by atoms with van der Waals surface area (Å²) in [6.07, 6.45) is 3.48. The van der Waals surface area contributed by atoms with Crippen LogP contribution in [0.15, 0.2) is 12.4 Å². The summed E-state index contributed by atoms with van der Waals surface area (Å²) in [4.78, 5) is 23.5. The fourth-order valence-corrected chi connectivity index (χ4v) is 2.12. The van der Waals surface area contributed by atoms with Crippen molar-refractivity contribution >= 4 is 12.1 Å². The van der Waals surface area contributed by atoms with Gasteiger partial charge in [-0.25, -0.2) is 4.79 Å². The molecule has 124 valence electrons. The number of carboxylic acids is 1. The van der Waals surface area contributed by atoms with Gasteiger partial charge in [0.05, 0.1) is 11.6 Å². The van der Waals surface area contributed by atoms with E-state index in [0.29, 0.717) is 12.8 Å². The number of nitrogens with one attached hydrogen (secondary N) is 1. The molecule has 0 aliphatic carbocycles. The summed E-state index contributed by atoms with van der Waals surface area (Å²) in [7, 11) is 1.77. The molecule has 7 nitrogen and oxygen atoms in total. The third-order valence-corrected chi connectivity index (χ3v) is 3.40. The van der Waals surface area contributed by atoms with Crippen LogP contribution in [-0.4, -0.2) is 39.1 Å². The van der Waals surface area contributed by atoms with Crippen molar-refractivity contribution in [1.29, 1.82) is 0 Å². The fraction of sp³-hybridized carbons (Fsp3) is 0.667. The number of alkyl carbamates (subject to hydrolysis) is 1. The zero-order valence-corrected chi connectivity index (χ0v) is 13.8. The second-order valence-corrected chi connectivity index (χ2v) is 6.49. The smallest absolute Gasteiger partial charge is 0.407 e.